The van der Waals surface area contributed by atoms with Crippen molar-refractivity contribution < 1.29 is 14.2 Å². The molecular weight excluding hydrogens is 389 g/mol. The molecule has 11 heteroatoms. The Morgan fingerprint density at radius 1 is 0.762 bits per heavy atom. The molecule has 0 aromatic carbocycles. The highest BCUT2D eigenvalue weighted by Crippen LogP contribution is 2.02. The summed E-state index contributed by atoms with van der Waals surface area (Å²) in [7, 11) is 0. The van der Waals surface area contributed by atoms with Gasteiger partial charge in [-0.05, 0) is 38.3 Å². The van der Waals surface area contributed by atoms with E-state index in [9.17, 15) is 0 Å². The molecule has 0 rings (SSSR count). The van der Waals surface area contributed by atoms with E-state index in [0.717, 1.165) is 23.9 Å². The highest BCUT2D eigenvalue weighted by Gasteiger charge is 2.01. The number of thiocarbonyl (C=S) groups is 4. The third-order valence-corrected chi connectivity index (χ3v) is 4.04. The maximum atomic E-state index is 5.31. The summed E-state index contributed by atoms with van der Waals surface area (Å²) in [5.41, 5.74) is 0. The maximum Gasteiger partial charge on any atom is 0.241 e. The van der Waals surface area contributed by atoms with Gasteiger partial charge in [0, 0.05) is 23.9 Å². The number of hydrogen-bond donors (Lipinski definition) is 2. The molecule has 0 amide bonds. The van der Waals surface area contributed by atoms with E-state index >= 15 is 0 Å². The van der Waals surface area contributed by atoms with Crippen molar-refractivity contribution in [2.75, 3.05) is 26.4 Å². The zero-order valence-corrected chi connectivity index (χ0v) is 16.4. The molecule has 0 heterocycles. The maximum absolute atomic E-state index is 5.31. The van der Waals surface area contributed by atoms with Crippen molar-refractivity contribution in [3.63, 3.8) is 0 Å². The molecule has 0 radical (unpaired) electrons. The number of hydrogen-bond acceptors (Lipinski definition) is 9. The minimum absolute atomic E-state index is 0.370. The first-order valence-electron chi connectivity index (χ1n) is 5.70. The fraction of sp³-hybridized carbons (Fsp3) is 0.600. The summed E-state index contributed by atoms with van der Waals surface area (Å²) in [6.45, 7) is 5.10. The number of nitrogens with one attached hydrogen (secondary N) is 2. The van der Waals surface area contributed by atoms with Crippen LogP contribution in [0.1, 0.15) is 13.8 Å². The van der Waals surface area contributed by atoms with Crippen molar-refractivity contribution >= 4 is 91.5 Å². The Kier molecular flexibility index (Phi) is 14.0. The van der Waals surface area contributed by atoms with Gasteiger partial charge < -0.3 is 23.7 Å². The molecule has 0 aliphatic heterocycles. The van der Waals surface area contributed by atoms with Gasteiger partial charge in [-0.3, -0.25) is 0 Å². The van der Waals surface area contributed by atoms with Crippen LogP contribution in [-0.4, -0.2) is 45.2 Å². The minimum Gasteiger partial charge on any atom is -0.475 e. The minimum atomic E-state index is 0.370. The predicted molar refractivity (Wildman–Crippen MR) is 106 cm³/mol. The standard InChI is InChI=1S/C10H16N2O3S6/c1-7(16)11-20-9(18)14-5-3-13-4-6-15-10(19)21-12-8(2)17/h3-6H2,1-2H3,(H,11,16)(H,12,17). The first kappa shape index (κ1) is 21.2. The molecule has 2 N–H and O–H groups in total. The van der Waals surface area contributed by atoms with Crippen LogP contribution in [0.15, 0.2) is 0 Å². The van der Waals surface area contributed by atoms with Gasteiger partial charge in [0.1, 0.15) is 13.2 Å². The second-order valence-corrected chi connectivity index (χ2v) is 7.37. The first-order valence-corrected chi connectivity index (χ1v) is 8.96. The Morgan fingerprint density at radius 3 is 1.48 bits per heavy atom. The molecule has 120 valence electrons. The molecule has 0 fully saturated rings. The molecule has 0 bridgehead atoms. The van der Waals surface area contributed by atoms with E-state index in [0.29, 0.717) is 45.2 Å². The van der Waals surface area contributed by atoms with Crippen LogP contribution in [0, 0.1) is 0 Å². The second kappa shape index (κ2) is 13.9. The first-order chi connectivity index (χ1) is 9.91. The smallest absolute Gasteiger partial charge is 0.241 e. The zero-order valence-electron chi connectivity index (χ0n) is 11.5. The molecule has 0 saturated heterocycles. The fourth-order valence-electron chi connectivity index (χ4n) is 0.756. The SMILES string of the molecule is CC(=S)NSC(=S)OCCOCCOC(=S)SNC(C)=S. The lowest BCUT2D eigenvalue weighted by molar-refractivity contribution is 0.0747. The molecule has 0 aliphatic carbocycles. The summed E-state index contributed by atoms with van der Waals surface area (Å²) in [6.07, 6.45) is 0. The summed E-state index contributed by atoms with van der Waals surface area (Å²) in [5.74, 6) is 0. The van der Waals surface area contributed by atoms with Crippen LogP contribution >= 0.6 is 72.8 Å². The van der Waals surface area contributed by atoms with Crippen molar-refractivity contribution in [1.29, 1.82) is 0 Å². The van der Waals surface area contributed by atoms with Crippen molar-refractivity contribution in [3.8, 4) is 0 Å². The molecule has 21 heavy (non-hydrogen) atoms. The highest BCUT2D eigenvalue weighted by molar-refractivity contribution is 8.22. The van der Waals surface area contributed by atoms with Gasteiger partial charge in [0.05, 0.1) is 23.2 Å². The third kappa shape index (κ3) is 16.4. The topological polar surface area (TPSA) is 51.8 Å². The van der Waals surface area contributed by atoms with Crippen LogP contribution in [0.3, 0.4) is 0 Å². The molecule has 0 aliphatic rings. The third-order valence-electron chi connectivity index (χ3n) is 1.45. The summed E-state index contributed by atoms with van der Waals surface area (Å²) < 4.78 is 22.2. The fourth-order valence-corrected chi connectivity index (χ4v) is 2.16. The van der Waals surface area contributed by atoms with Gasteiger partial charge in [-0.2, -0.15) is 0 Å². The molecule has 0 unspecified atom stereocenters. The summed E-state index contributed by atoms with van der Waals surface area (Å²) in [6, 6.07) is 0. The Balaban J connectivity index is 3.36. The predicted octanol–water partition coefficient (Wildman–Crippen LogP) is 2.78. The lowest BCUT2D eigenvalue weighted by Gasteiger charge is -2.09. The van der Waals surface area contributed by atoms with Gasteiger partial charge in [-0.1, -0.05) is 24.4 Å². The van der Waals surface area contributed by atoms with E-state index in [4.69, 9.17) is 63.1 Å². The normalized spacial score (nSPS) is 9.62. The lowest BCUT2D eigenvalue weighted by Crippen LogP contribution is -2.16. The van der Waals surface area contributed by atoms with Gasteiger partial charge in [0.25, 0.3) is 0 Å². The van der Waals surface area contributed by atoms with Crippen molar-refractivity contribution in [2.45, 2.75) is 13.8 Å². The van der Waals surface area contributed by atoms with Crippen LogP contribution in [0.4, 0.5) is 0 Å². The summed E-state index contributed by atoms with van der Waals surface area (Å²) >= 11 is 21.9. The lowest BCUT2D eigenvalue weighted by atomic mass is 10.7. The van der Waals surface area contributed by atoms with Crippen LogP contribution in [0.2, 0.25) is 0 Å². The summed E-state index contributed by atoms with van der Waals surface area (Å²) in [4.78, 5) is 1.29. The quantitative estimate of drug-likeness (QED) is 0.390. The average Bonchev–Trinajstić information content (AvgIpc) is 2.41. The molecular formula is C10H16N2O3S6. The highest BCUT2D eigenvalue weighted by atomic mass is 32.2. The molecule has 5 nitrogen and oxygen atoms in total. The second-order valence-electron chi connectivity index (χ2n) is 3.33. The van der Waals surface area contributed by atoms with Crippen molar-refractivity contribution in [3.05, 3.63) is 0 Å². The van der Waals surface area contributed by atoms with Gasteiger partial charge in [0.2, 0.25) is 8.77 Å². The largest absolute Gasteiger partial charge is 0.475 e. The van der Waals surface area contributed by atoms with Gasteiger partial charge in [-0.25, -0.2) is 0 Å². The monoisotopic (exact) mass is 404 g/mol. The van der Waals surface area contributed by atoms with Crippen LogP contribution in [-0.2, 0) is 14.2 Å². The Morgan fingerprint density at radius 2 is 1.14 bits per heavy atom. The van der Waals surface area contributed by atoms with Crippen LogP contribution < -0.4 is 9.44 Å². The van der Waals surface area contributed by atoms with Gasteiger partial charge >= 0.3 is 0 Å². The van der Waals surface area contributed by atoms with E-state index in [2.05, 4.69) is 9.44 Å². The van der Waals surface area contributed by atoms with Gasteiger partial charge in [0.15, 0.2) is 0 Å². The average molecular weight is 405 g/mol. The van der Waals surface area contributed by atoms with Crippen molar-refractivity contribution in [2.24, 2.45) is 0 Å². The Hall–Kier alpha value is 0.220. The van der Waals surface area contributed by atoms with Crippen LogP contribution in [0.5, 0.6) is 0 Å². The molecule has 0 aromatic rings. The van der Waals surface area contributed by atoms with E-state index in [-0.39, 0.29) is 0 Å². The number of rotatable bonds is 6. The summed E-state index contributed by atoms with van der Waals surface area (Å²) in [5, 5.41) is 0. The molecule has 0 saturated carbocycles. The Bertz CT molecular complexity index is 346. The zero-order chi connectivity index (χ0) is 16.1. The molecule has 0 atom stereocenters. The van der Waals surface area contributed by atoms with E-state index < -0.39 is 0 Å². The van der Waals surface area contributed by atoms with Crippen molar-refractivity contribution in [1.82, 2.24) is 9.44 Å². The molecule has 0 spiro atoms. The van der Waals surface area contributed by atoms with E-state index in [1.165, 1.54) is 0 Å². The van der Waals surface area contributed by atoms with Crippen LogP contribution in [0.25, 0.3) is 0 Å². The van der Waals surface area contributed by atoms with E-state index in [1.807, 2.05) is 0 Å². The Labute approximate surface area is 154 Å². The van der Waals surface area contributed by atoms with E-state index in [1.54, 1.807) is 13.8 Å². The number of ether oxygens (including phenoxy) is 3. The molecule has 0 aromatic heterocycles. The van der Waals surface area contributed by atoms with Gasteiger partial charge in [-0.15, -0.1) is 0 Å².